The Hall–Kier alpha value is -8.50. The monoisotopic (exact) mass is 1120 g/mol. The highest BCUT2D eigenvalue weighted by Crippen LogP contribution is 2.30. The molecule has 6 N–H and O–H groups in total. The lowest BCUT2D eigenvalue weighted by atomic mass is 9.98. The van der Waals surface area contributed by atoms with E-state index < -0.39 is 108 Å². The maximum absolute atomic E-state index is 14.8. The smallest absolute Gasteiger partial charge is 0.274 e. The van der Waals surface area contributed by atoms with Crippen LogP contribution < -0.4 is 31.9 Å². The van der Waals surface area contributed by atoms with Crippen molar-refractivity contribution in [3.05, 3.63) is 118 Å². The normalized spacial score (nSPS) is 26.2. The summed E-state index contributed by atoms with van der Waals surface area (Å²) < 4.78 is 11.8. The minimum atomic E-state index is -1.16. The molecule has 0 spiro atoms. The summed E-state index contributed by atoms with van der Waals surface area (Å²) in [5, 5.41) is 17.2. The molecule has 23 heteroatoms. The summed E-state index contributed by atoms with van der Waals surface area (Å²) >= 11 is 0. The lowest BCUT2D eigenvalue weighted by Crippen LogP contribution is -2.56. The summed E-state index contributed by atoms with van der Waals surface area (Å²) in [5.74, 6) is -5.03. The maximum Gasteiger partial charge on any atom is 0.274 e. The fraction of sp³-hybridized carbons (Fsp3) is 0.492. The predicted octanol–water partition coefficient (Wildman–Crippen LogP) is 3.46. The van der Waals surface area contributed by atoms with Crippen LogP contribution in [0.5, 0.6) is 0 Å². The van der Waals surface area contributed by atoms with E-state index in [0.29, 0.717) is 62.7 Å². The van der Waals surface area contributed by atoms with Gasteiger partial charge in [0.2, 0.25) is 47.2 Å². The third kappa shape index (κ3) is 13.0. The van der Waals surface area contributed by atoms with Crippen LogP contribution in [0, 0.1) is 12.8 Å². The van der Waals surface area contributed by atoms with Crippen LogP contribution in [0.4, 0.5) is 0 Å². The van der Waals surface area contributed by atoms with Gasteiger partial charge in [0.05, 0.1) is 12.6 Å². The minimum Gasteiger partial charge on any atom is -0.446 e. The molecule has 82 heavy (non-hydrogen) atoms. The van der Waals surface area contributed by atoms with Gasteiger partial charge in [-0.2, -0.15) is 0 Å². The number of fused-ring (bicyclic) bond motifs is 8. The van der Waals surface area contributed by atoms with Gasteiger partial charge in [0, 0.05) is 38.2 Å². The van der Waals surface area contributed by atoms with Crippen molar-refractivity contribution in [2.45, 2.75) is 154 Å². The third-order valence-electron chi connectivity index (χ3n) is 16.1. The predicted molar refractivity (Wildman–Crippen MR) is 297 cm³/mol. The maximum atomic E-state index is 14.8. The molecule has 0 saturated carbocycles. The summed E-state index contributed by atoms with van der Waals surface area (Å²) in [4.78, 5) is 145. The van der Waals surface area contributed by atoms with Crippen LogP contribution in [0.15, 0.2) is 92.0 Å². The molecule has 6 bridgehead atoms. The molecule has 3 fully saturated rings. The Morgan fingerprint density at radius 2 is 1.21 bits per heavy atom. The van der Waals surface area contributed by atoms with Gasteiger partial charge in [0.15, 0.2) is 11.4 Å². The second-order valence-corrected chi connectivity index (χ2v) is 22.0. The summed E-state index contributed by atoms with van der Waals surface area (Å²) in [7, 11) is 0. The van der Waals surface area contributed by atoms with Crippen LogP contribution in [0.25, 0.3) is 0 Å². The number of allylic oxidation sites excluding steroid dienone is 1. The Labute approximate surface area is 475 Å². The highest BCUT2D eigenvalue weighted by Gasteiger charge is 2.44. The second kappa shape index (κ2) is 25.5. The van der Waals surface area contributed by atoms with Gasteiger partial charge < -0.3 is 55.4 Å². The molecular formula is C59H72N12O11. The van der Waals surface area contributed by atoms with Crippen molar-refractivity contribution in [2.75, 3.05) is 26.2 Å². The van der Waals surface area contributed by atoms with Gasteiger partial charge in [-0.15, -0.1) is 0 Å². The van der Waals surface area contributed by atoms with Crippen molar-refractivity contribution in [2.24, 2.45) is 10.9 Å². The number of nitrogens with one attached hydrogen (secondary N) is 6. The minimum absolute atomic E-state index is 0.0167. The number of carbonyl (C=O) groups is 9. The van der Waals surface area contributed by atoms with E-state index in [9.17, 15) is 43.2 Å². The lowest BCUT2D eigenvalue weighted by Gasteiger charge is -2.32. The van der Waals surface area contributed by atoms with Crippen LogP contribution in [0.1, 0.15) is 148 Å². The molecule has 0 aliphatic carbocycles. The Bertz CT molecular complexity index is 3150. The lowest BCUT2D eigenvalue weighted by molar-refractivity contribution is -0.147. The molecule has 23 nitrogen and oxygen atoms in total. The number of carbonyl (C=O) groups excluding carboxylic acids is 9. The van der Waals surface area contributed by atoms with Gasteiger partial charge >= 0.3 is 0 Å². The first-order valence-electron chi connectivity index (χ1n) is 28.4. The molecule has 5 aliphatic heterocycles. The Morgan fingerprint density at radius 3 is 1.85 bits per heavy atom. The topological polar surface area (TPSA) is 300 Å². The number of hydrogen-bond donors (Lipinski definition) is 6. The number of aromatic nitrogens is 2. The molecule has 434 valence electrons. The zero-order valence-corrected chi connectivity index (χ0v) is 47.1. The molecule has 3 saturated heterocycles. The highest BCUT2D eigenvalue weighted by atomic mass is 16.4. The SMILES string of the molecule is CC[C@H](C)[C@@H]1NC(=O)[C@@H]2CCCN2C(=O)[C@H](Cc2ccccc2)NC(=O)c2nc(oc2C)[C@H](C)NC(=O)C2=C(C)CC(=N2)[C@H](Cc2ccccc2)NC(=O)CNC(=O)[C@@H]2CCCN2C(=O)[C@@H]2CCCN2C(=O)[C@H](C)NC(=O)c2coc1n2. The molecule has 4 aromatic rings. The third-order valence-corrected chi connectivity index (χ3v) is 16.1. The summed E-state index contributed by atoms with van der Waals surface area (Å²) in [6.45, 7) is 10.6. The number of nitrogens with zero attached hydrogens (tertiary/aromatic N) is 6. The van der Waals surface area contributed by atoms with Gasteiger partial charge in [-0.1, -0.05) is 80.9 Å². The molecule has 9 amide bonds. The van der Waals surface area contributed by atoms with Crippen molar-refractivity contribution in [3.63, 3.8) is 0 Å². The largest absolute Gasteiger partial charge is 0.446 e. The Kier molecular flexibility index (Phi) is 18.1. The van der Waals surface area contributed by atoms with Crippen molar-refractivity contribution < 1.29 is 52.0 Å². The average Bonchev–Trinajstić information content (AvgIpc) is 4.55. The molecule has 9 atom stereocenters. The van der Waals surface area contributed by atoms with Gasteiger partial charge in [0.25, 0.3) is 17.7 Å². The summed E-state index contributed by atoms with van der Waals surface area (Å²) in [6.07, 6.45) is 4.88. The van der Waals surface area contributed by atoms with E-state index in [0.717, 1.165) is 17.4 Å². The number of aryl methyl sites for hydroxylation is 1. The van der Waals surface area contributed by atoms with Crippen molar-refractivity contribution >= 4 is 58.9 Å². The van der Waals surface area contributed by atoms with Crippen LogP contribution in [-0.2, 0) is 46.4 Å². The molecule has 5 aliphatic rings. The van der Waals surface area contributed by atoms with E-state index in [2.05, 4.69) is 41.9 Å². The van der Waals surface area contributed by atoms with Gasteiger partial charge in [0.1, 0.15) is 60.0 Å². The number of hydrogen-bond acceptors (Lipinski definition) is 14. The standard InChI is InChI=1S/C59H72N12O11/c1-7-32(2)48-56-66-42(31-81-56)50(73)62-35(5)57(78)71-26-16-23-45(71)59(80)70-25-14-21-43(70)51(74)60-30-46(72)63-40(28-37-17-10-8-11-18-37)39-27-33(3)47(64-39)53(76)61-34(4)55-68-49(36(6)82-55)54(77)65-41(29-38-19-12-9-13-20-38)58(79)69-24-15-22-44(69)52(75)67-48/h8-13,17-20,31-32,34-35,40-41,43-45,48H,7,14-16,21-30H2,1-6H3,(H,60,74)(H,61,76)(H,62,73)(H,63,72)(H,65,77)(H,67,75)/t32-,34-,35-,40-,41-,43-,44-,45-,48-/m0/s1. The highest BCUT2D eigenvalue weighted by molar-refractivity contribution is 6.06. The number of aliphatic imine (C=N–C) groups is 1. The quantitative estimate of drug-likeness (QED) is 0.161. The molecule has 9 rings (SSSR count). The first-order chi connectivity index (χ1) is 39.4. The Morgan fingerprint density at radius 1 is 0.622 bits per heavy atom. The first kappa shape index (κ1) is 58.2. The second-order valence-electron chi connectivity index (χ2n) is 22.0. The van der Waals surface area contributed by atoms with E-state index in [-0.39, 0.29) is 73.0 Å². The molecule has 2 aromatic heterocycles. The molecular weight excluding hydrogens is 1050 g/mol. The number of benzene rings is 2. The molecule has 0 radical (unpaired) electrons. The van der Waals surface area contributed by atoms with E-state index in [4.69, 9.17) is 13.8 Å². The zero-order valence-electron chi connectivity index (χ0n) is 47.1. The van der Waals surface area contributed by atoms with Crippen molar-refractivity contribution in [3.8, 4) is 0 Å². The first-order valence-corrected chi connectivity index (χ1v) is 28.4. The van der Waals surface area contributed by atoms with E-state index in [1.54, 1.807) is 20.8 Å². The van der Waals surface area contributed by atoms with Crippen LogP contribution in [-0.4, -0.2) is 146 Å². The molecule has 7 heterocycles. The van der Waals surface area contributed by atoms with Crippen LogP contribution in [0.3, 0.4) is 0 Å². The molecule has 0 unspecified atom stereocenters. The Balaban J connectivity index is 1.00. The van der Waals surface area contributed by atoms with E-state index in [1.807, 2.05) is 74.5 Å². The number of rotatable bonds is 6. The van der Waals surface area contributed by atoms with Crippen LogP contribution in [0.2, 0.25) is 0 Å². The van der Waals surface area contributed by atoms with Gasteiger partial charge in [-0.25, -0.2) is 15.0 Å². The van der Waals surface area contributed by atoms with Crippen molar-refractivity contribution in [1.29, 1.82) is 0 Å². The van der Waals surface area contributed by atoms with Gasteiger partial charge in [-0.05, 0) is 95.3 Å². The zero-order chi connectivity index (χ0) is 58.4. The fourth-order valence-corrected chi connectivity index (χ4v) is 11.5. The number of oxazole rings is 2. The van der Waals surface area contributed by atoms with Gasteiger partial charge in [-0.3, -0.25) is 43.2 Å². The average molecular weight is 1130 g/mol. The van der Waals surface area contributed by atoms with E-state index in [1.165, 1.54) is 21.6 Å². The molecule has 2 aromatic carbocycles. The van der Waals surface area contributed by atoms with Crippen molar-refractivity contribution in [1.82, 2.24) is 56.6 Å². The fourth-order valence-electron chi connectivity index (χ4n) is 11.5. The van der Waals surface area contributed by atoms with Crippen LogP contribution >= 0.6 is 0 Å². The number of amides is 9. The summed E-state index contributed by atoms with van der Waals surface area (Å²) in [6, 6.07) is 11.1. The van der Waals surface area contributed by atoms with E-state index >= 15 is 0 Å². The summed E-state index contributed by atoms with van der Waals surface area (Å²) in [5.41, 5.74) is 2.62.